The van der Waals surface area contributed by atoms with Crippen LogP contribution in [-0.4, -0.2) is 90.3 Å². The first-order chi connectivity index (χ1) is 20.3. The van der Waals surface area contributed by atoms with Crippen LogP contribution < -0.4 is 26.6 Å². The molecule has 0 aromatic heterocycles. The first kappa shape index (κ1) is 38.4. The van der Waals surface area contributed by atoms with E-state index >= 15 is 0 Å². The molecule has 0 bridgehead atoms. The Labute approximate surface area is 261 Å². The third-order valence-corrected chi connectivity index (χ3v) is 6.94. The molecule has 1 rings (SSSR count). The molecule has 0 aromatic carbocycles. The Morgan fingerprint density at radius 2 is 1.41 bits per heavy atom. The number of nitrogens with zero attached hydrogens (tertiary/aromatic N) is 1. The number of amides is 6. The van der Waals surface area contributed by atoms with Crippen LogP contribution in [0.15, 0.2) is 0 Å². The third kappa shape index (κ3) is 12.6. The summed E-state index contributed by atoms with van der Waals surface area (Å²) in [6.45, 7) is 17.9. The second-order valence-electron chi connectivity index (χ2n) is 13.3. The number of methoxy groups -OCH3 is 1. The molecule has 14 heteroatoms. The third-order valence-electron chi connectivity index (χ3n) is 6.94. The number of alkyl carbamates (subject to hydrolysis) is 1. The van der Waals surface area contributed by atoms with Gasteiger partial charge in [0, 0.05) is 6.54 Å². The molecule has 1 saturated heterocycles. The normalized spacial score (nSPS) is 17.8. The smallest absolute Gasteiger partial charge is 0.408 e. The van der Waals surface area contributed by atoms with Gasteiger partial charge in [0.25, 0.3) is 0 Å². The van der Waals surface area contributed by atoms with E-state index in [9.17, 15) is 28.8 Å². The Morgan fingerprint density at radius 1 is 0.818 bits per heavy atom. The van der Waals surface area contributed by atoms with E-state index in [0.29, 0.717) is 25.8 Å². The van der Waals surface area contributed by atoms with Crippen LogP contribution in [0.3, 0.4) is 0 Å². The lowest BCUT2D eigenvalue weighted by Crippen LogP contribution is -2.60. The van der Waals surface area contributed by atoms with Crippen LogP contribution in [0.4, 0.5) is 9.59 Å². The zero-order valence-electron chi connectivity index (χ0n) is 28.2. The summed E-state index contributed by atoms with van der Waals surface area (Å²) in [5.41, 5.74) is -0.732. The lowest BCUT2D eigenvalue weighted by atomic mass is 10.0. The van der Waals surface area contributed by atoms with Gasteiger partial charge in [0.15, 0.2) is 0 Å². The number of hydrogen-bond donors (Lipinski definition) is 5. The molecule has 0 aromatic rings. The van der Waals surface area contributed by atoms with E-state index in [1.807, 2.05) is 13.8 Å². The first-order valence-corrected chi connectivity index (χ1v) is 15.3. The number of rotatable bonds is 13. The number of likely N-dealkylation sites (tertiary alicyclic amines) is 1. The standard InChI is InChI=1S/C30H54N6O8/c1-16(2)15-20(27(40)43-11)32-24(37)19(7)31-25(38)22(17(3)4)34-28(41)33-21-13-12-14-36(21)26(39)23(18(5)6)35-29(42)44-30(8,9)10/h16-23H,12-15H2,1-11H3,(H,31,38)(H,32,37)(H,35,42)(H2,33,34,41)/t19-,20-,21-,22-,23-/m0/s1. The molecule has 14 nitrogen and oxygen atoms in total. The molecule has 6 amide bonds. The van der Waals surface area contributed by atoms with Gasteiger partial charge < -0.3 is 41.0 Å². The molecule has 44 heavy (non-hydrogen) atoms. The number of urea groups is 1. The quantitative estimate of drug-likeness (QED) is 0.192. The Morgan fingerprint density at radius 3 is 1.91 bits per heavy atom. The Hall–Kier alpha value is -3.58. The van der Waals surface area contributed by atoms with Gasteiger partial charge >= 0.3 is 18.1 Å². The van der Waals surface area contributed by atoms with E-state index in [1.54, 1.807) is 48.5 Å². The van der Waals surface area contributed by atoms with E-state index in [2.05, 4.69) is 26.6 Å². The number of hydrogen-bond acceptors (Lipinski definition) is 8. The van der Waals surface area contributed by atoms with Crippen molar-refractivity contribution in [1.82, 2.24) is 31.5 Å². The number of carbonyl (C=O) groups excluding carboxylic acids is 6. The van der Waals surface area contributed by atoms with Gasteiger partial charge in [-0.25, -0.2) is 14.4 Å². The molecule has 0 radical (unpaired) electrons. The Balaban J connectivity index is 2.87. The number of ether oxygens (including phenoxy) is 2. The van der Waals surface area contributed by atoms with E-state index in [-0.39, 0.29) is 23.7 Å². The van der Waals surface area contributed by atoms with Crippen molar-refractivity contribution in [3.05, 3.63) is 0 Å². The molecule has 0 spiro atoms. The second kappa shape index (κ2) is 17.0. The van der Waals surface area contributed by atoms with Crippen LogP contribution in [0.2, 0.25) is 0 Å². The largest absolute Gasteiger partial charge is 0.467 e. The molecule has 5 N–H and O–H groups in total. The maximum atomic E-state index is 13.5. The first-order valence-electron chi connectivity index (χ1n) is 15.3. The van der Waals surface area contributed by atoms with Gasteiger partial charge in [-0.1, -0.05) is 41.5 Å². The summed E-state index contributed by atoms with van der Waals surface area (Å²) in [6.07, 6.45) is 0.133. The van der Waals surface area contributed by atoms with Crippen molar-refractivity contribution in [2.45, 2.75) is 124 Å². The summed E-state index contributed by atoms with van der Waals surface area (Å²) in [7, 11) is 1.24. The average molecular weight is 627 g/mol. The molecule has 1 aliphatic heterocycles. The fraction of sp³-hybridized carbons (Fsp3) is 0.800. The summed E-state index contributed by atoms with van der Waals surface area (Å²) >= 11 is 0. The van der Waals surface area contributed by atoms with E-state index in [1.165, 1.54) is 18.9 Å². The minimum atomic E-state index is -1.000. The van der Waals surface area contributed by atoms with Crippen molar-refractivity contribution in [1.29, 1.82) is 0 Å². The van der Waals surface area contributed by atoms with Crippen molar-refractivity contribution < 1.29 is 38.2 Å². The molecule has 252 valence electrons. The molecule has 1 heterocycles. The fourth-order valence-electron chi connectivity index (χ4n) is 4.67. The van der Waals surface area contributed by atoms with Gasteiger partial charge in [-0.3, -0.25) is 14.4 Å². The zero-order chi connectivity index (χ0) is 33.9. The topological polar surface area (TPSA) is 184 Å². The van der Waals surface area contributed by atoms with Crippen molar-refractivity contribution in [3.63, 3.8) is 0 Å². The van der Waals surface area contributed by atoms with E-state index in [4.69, 9.17) is 9.47 Å². The molecule has 0 aliphatic carbocycles. The molecule has 5 atom stereocenters. The van der Waals surface area contributed by atoms with Crippen molar-refractivity contribution >= 4 is 35.8 Å². The highest BCUT2D eigenvalue weighted by atomic mass is 16.6. The van der Waals surface area contributed by atoms with Crippen LogP contribution in [0, 0.1) is 17.8 Å². The molecular weight excluding hydrogens is 572 g/mol. The fourth-order valence-corrected chi connectivity index (χ4v) is 4.67. The predicted molar refractivity (Wildman–Crippen MR) is 164 cm³/mol. The number of nitrogens with one attached hydrogen (secondary N) is 5. The van der Waals surface area contributed by atoms with Crippen molar-refractivity contribution in [2.24, 2.45) is 17.8 Å². The highest BCUT2D eigenvalue weighted by molar-refractivity contribution is 5.93. The minimum Gasteiger partial charge on any atom is -0.467 e. The number of esters is 1. The molecule has 0 unspecified atom stereocenters. The van der Waals surface area contributed by atoms with Crippen LogP contribution >= 0.6 is 0 Å². The molecule has 1 aliphatic rings. The minimum absolute atomic E-state index is 0.112. The summed E-state index contributed by atoms with van der Waals surface area (Å²) in [5, 5.41) is 13.3. The molecule has 0 saturated carbocycles. The Bertz CT molecular complexity index is 1030. The van der Waals surface area contributed by atoms with Gasteiger partial charge in [0.05, 0.1) is 7.11 Å². The van der Waals surface area contributed by atoms with Crippen molar-refractivity contribution in [3.8, 4) is 0 Å². The van der Waals surface area contributed by atoms with Gasteiger partial charge in [-0.05, 0) is 64.7 Å². The monoisotopic (exact) mass is 626 g/mol. The summed E-state index contributed by atoms with van der Waals surface area (Å²) < 4.78 is 10.1. The number of carbonyl (C=O) groups is 6. The predicted octanol–water partition coefficient (Wildman–Crippen LogP) is 2.02. The summed E-state index contributed by atoms with van der Waals surface area (Å²) in [4.78, 5) is 78.4. The maximum absolute atomic E-state index is 13.5. The van der Waals surface area contributed by atoms with E-state index < -0.39 is 65.8 Å². The maximum Gasteiger partial charge on any atom is 0.408 e. The molecule has 1 fully saturated rings. The van der Waals surface area contributed by atoms with Crippen LogP contribution in [0.1, 0.15) is 88.5 Å². The van der Waals surface area contributed by atoms with Gasteiger partial charge in [-0.2, -0.15) is 0 Å². The highest BCUT2D eigenvalue weighted by Gasteiger charge is 2.37. The van der Waals surface area contributed by atoms with Gasteiger partial charge in [0.1, 0.15) is 35.9 Å². The zero-order valence-corrected chi connectivity index (χ0v) is 28.2. The van der Waals surface area contributed by atoms with Gasteiger partial charge in [-0.15, -0.1) is 0 Å². The molecular formula is C30H54N6O8. The van der Waals surface area contributed by atoms with Crippen LogP contribution in [0.5, 0.6) is 0 Å². The summed E-state index contributed by atoms with van der Waals surface area (Å²) in [6, 6.07) is -4.38. The summed E-state index contributed by atoms with van der Waals surface area (Å²) in [5.74, 6) is -2.56. The Kier molecular flexibility index (Phi) is 14.9. The lowest BCUT2D eigenvalue weighted by molar-refractivity contribution is -0.145. The van der Waals surface area contributed by atoms with Crippen LogP contribution in [0.25, 0.3) is 0 Å². The van der Waals surface area contributed by atoms with Crippen molar-refractivity contribution in [2.75, 3.05) is 13.7 Å². The van der Waals surface area contributed by atoms with E-state index in [0.717, 1.165) is 0 Å². The lowest BCUT2D eigenvalue weighted by Gasteiger charge is -2.32. The highest BCUT2D eigenvalue weighted by Crippen LogP contribution is 2.19. The second-order valence-corrected chi connectivity index (χ2v) is 13.3. The van der Waals surface area contributed by atoms with Crippen LogP contribution in [-0.2, 0) is 28.7 Å². The average Bonchev–Trinajstić information content (AvgIpc) is 3.35. The van der Waals surface area contributed by atoms with Gasteiger partial charge in [0.2, 0.25) is 17.7 Å². The SMILES string of the molecule is COC(=O)[C@H](CC(C)C)NC(=O)[C@H](C)NC(=O)[C@@H](NC(=O)N[C@@H]1CCCN1C(=O)[C@@H](NC(=O)OC(C)(C)C)C(C)C)C(C)C.